The lowest BCUT2D eigenvalue weighted by atomic mass is 10.1. The van der Waals surface area contributed by atoms with Crippen molar-refractivity contribution in [1.29, 1.82) is 0 Å². The number of carbonyl (C=O) groups excluding carboxylic acids is 1. The average molecular weight is 482 g/mol. The summed E-state index contributed by atoms with van der Waals surface area (Å²) in [5, 5.41) is 3.00. The fourth-order valence-electron chi connectivity index (χ4n) is 4.21. The molecule has 3 N–H and O–H groups in total. The number of nitrogens with zero attached hydrogens (tertiary/aromatic N) is 3. The predicted molar refractivity (Wildman–Crippen MR) is 141 cm³/mol. The van der Waals surface area contributed by atoms with E-state index in [0.29, 0.717) is 41.8 Å². The second-order valence-corrected chi connectivity index (χ2v) is 8.26. The van der Waals surface area contributed by atoms with Crippen molar-refractivity contribution < 1.29 is 14.3 Å². The number of hydrogen-bond donors (Lipinski definition) is 2. The number of nitrogen functional groups attached to an aromatic ring is 1. The summed E-state index contributed by atoms with van der Waals surface area (Å²) in [7, 11) is 1.63. The van der Waals surface area contributed by atoms with Gasteiger partial charge in [0, 0.05) is 12.2 Å². The summed E-state index contributed by atoms with van der Waals surface area (Å²) in [6, 6.07) is 22.9. The third kappa shape index (κ3) is 4.40. The van der Waals surface area contributed by atoms with Crippen LogP contribution in [0, 0.1) is 0 Å². The van der Waals surface area contributed by atoms with Crippen LogP contribution >= 0.6 is 0 Å². The number of anilines is 1. The molecular formula is C28H27N5O3. The van der Waals surface area contributed by atoms with E-state index in [9.17, 15) is 4.79 Å². The zero-order valence-electron chi connectivity index (χ0n) is 20.2. The first-order valence-electron chi connectivity index (χ1n) is 11.8. The second-order valence-electron chi connectivity index (χ2n) is 8.26. The van der Waals surface area contributed by atoms with Crippen LogP contribution in [0.1, 0.15) is 22.8 Å². The molecule has 0 atom stereocenters. The number of ether oxygens (including phenoxy) is 2. The van der Waals surface area contributed by atoms with E-state index in [2.05, 4.69) is 5.32 Å². The maximum absolute atomic E-state index is 13.4. The standard InChI is InChI=1S/C28H27N5O3/c1-3-36-21-14-10-19(11-15-21)33-26(29)24(25-27(33)32-23-7-5-4-6-22(23)31-25)28(34)30-17-16-18-8-12-20(35-2)13-9-18/h4-15H,3,16-17,29H2,1-2H3,(H,30,34). The van der Waals surface area contributed by atoms with Crippen LogP contribution in [-0.4, -0.2) is 40.7 Å². The molecule has 3 aromatic carbocycles. The molecule has 0 saturated heterocycles. The Morgan fingerprint density at radius 3 is 2.28 bits per heavy atom. The molecule has 1 amide bonds. The number of amides is 1. The van der Waals surface area contributed by atoms with Crippen molar-refractivity contribution in [2.45, 2.75) is 13.3 Å². The lowest BCUT2D eigenvalue weighted by Gasteiger charge is -2.10. The molecule has 0 unspecified atom stereocenters. The van der Waals surface area contributed by atoms with Gasteiger partial charge in [0.2, 0.25) is 0 Å². The molecule has 8 nitrogen and oxygen atoms in total. The van der Waals surface area contributed by atoms with Crippen molar-refractivity contribution in [3.63, 3.8) is 0 Å². The van der Waals surface area contributed by atoms with Crippen LogP contribution < -0.4 is 20.5 Å². The number of methoxy groups -OCH3 is 1. The quantitative estimate of drug-likeness (QED) is 0.337. The molecule has 0 aliphatic carbocycles. The minimum atomic E-state index is -0.291. The lowest BCUT2D eigenvalue weighted by Crippen LogP contribution is -2.26. The van der Waals surface area contributed by atoms with Crippen LogP contribution in [0.25, 0.3) is 27.9 Å². The van der Waals surface area contributed by atoms with Gasteiger partial charge in [-0.05, 0) is 67.4 Å². The van der Waals surface area contributed by atoms with E-state index in [1.54, 1.807) is 11.7 Å². The van der Waals surface area contributed by atoms with Crippen LogP contribution in [0.2, 0.25) is 0 Å². The molecule has 0 aliphatic rings. The Balaban J connectivity index is 1.51. The fraction of sp³-hybridized carbons (Fsp3) is 0.179. The highest BCUT2D eigenvalue weighted by Gasteiger charge is 2.24. The van der Waals surface area contributed by atoms with Crippen LogP contribution in [0.4, 0.5) is 5.82 Å². The maximum Gasteiger partial charge on any atom is 0.257 e. The molecule has 8 heteroatoms. The summed E-state index contributed by atoms with van der Waals surface area (Å²) < 4.78 is 12.5. The Labute approximate surface area is 208 Å². The van der Waals surface area contributed by atoms with E-state index >= 15 is 0 Å². The molecule has 182 valence electrons. The molecule has 0 bridgehead atoms. The highest BCUT2D eigenvalue weighted by atomic mass is 16.5. The number of fused-ring (bicyclic) bond motifs is 2. The molecule has 0 radical (unpaired) electrons. The Kier molecular flexibility index (Phi) is 6.40. The van der Waals surface area contributed by atoms with Gasteiger partial charge >= 0.3 is 0 Å². The number of aromatic nitrogens is 3. The van der Waals surface area contributed by atoms with Gasteiger partial charge in [0.25, 0.3) is 5.91 Å². The smallest absolute Gasteiger partial charge is 0.257 e. The van der Waals surface area contributed by atoms with E-state index in [1.165, 1.54) is 0 Å². The first-order chi connectivity index (χ1) is 17.6. The van der Waals surface area contributed by atoms with Crippen LogP contribution in [0.15, 0.2) is 72.8 Å². The molecular weight excluding hydrogens is 454 g/mol. The Bertz CT molecular complexity index is 1530. The van der Waals surface area contributed by atoms with Gasteiger partial charge in [-0.15, -0.1) is 0 Å². The summed E-state index contributed by atoms with van der Waals surface area (Å²) in [5.74, 6) is 1.54. The number of carbonyl (C=O) groups is 1. The minimum Gasteiger partial charge on any atom is -0.497 e. The highest BCUT2D eigenvalue weighted by molar-refractivity contribution is 6.11. The van der Waals surface area contributed by atoms with Gasteiger partial charge in [-0.1, -0.05) is 24.3 Å². The topological polar surface area (TPSA) is 104 Å². The molecule has 2 aromatic heterocycles. The monoisotopic (exact) mass is 481 g/mol. The Morgan fingerprint density at radius 1 is 0.944 bits per heavy atom. The summed E-state index contributed by atoms with van der Waals surface area (Å²) in [6.45, 7) is 2.96. The number of para-hydroxylation sites is 2. The summed E-state index contributed by atoms with van der Waals surface area (Å²) in [6.07, 6.45) is 0.668. The SMILES string of the molecule is CCOc1ccc(-n2c(N)c(C(=O)NCCc3ccc(OC)cc3)c3nc4ccccc4nc32)cc1. The van der Waals surface area contributed by atoms with E-state index in [1.807, 2.05) is 79.7 Å². The largest absolute Gasteiger partial charge is 0.497 e. The van der Waals surface area contributed by atoms with Crippen LogP contribution in [-0.2, 0) is 6.42 Å². The highest BCUT2D eigenvalue weighted by Crippen LogP contribution is 2.31. The molecule has 0 aliphatic heterocycles. The third-order valence-corrected chi connectivity index (χ3v) is 5.99. The molecule has 2 heterocycles. The lowest BCUT2D eigenvalue weighted by molar-refractivity contribution is 0.0956. The van der Waals surface area contributed by atoms with E-state index < -0.39 is 0 Å². The third-order valence-electron chi connectivity index (χ3n) is 5.99. The van der Waals surface area contributed by atoms with E-state index in [-0.39, 0.29) is 11.7 Å². The Hall–Kier alpha value is -4.59. The Morgan fingerprint density at radius 2 is 1.61 bits per heavy atom. The second kappa shape index (κ2) is 9.95. The van der Waals surface area contributed by atoms with Crippen molar-refractivity contribution in [3.8, 4) is 17.2 Å². The minimum absolute atomic E-state index is 0.284. The van der Waals surface area contributed by atoms with Gasteiger partial charge in [-0.3, -0.25) is 9.36 Å². The van der Waals surface area contributed by atoms with Crippen molar-refractivity contribution in [3.05, 3.63) is 83.9 Å². The average Bonchev–Trinajstić information content (AvgIpc) is 3.19. The van der Waals surface area contributed by atoms with Crippen molar-refractivity contribution in [2.24, 2.45) is 0 Å². The first-order valence-corrected chi connectivity index (χ1v) is 11.8. The fourth-order valence-corrected chi connectivity index (χ4v) is 4.21. The van der Waals surface area contributed by atoms with Gasteiger partial charge in [-0.2, -0.15) is 0 Å². The summed E-state index contributed by atoms with van der Waals surface area (Å²) in [4.78, 5) is 23.0. The number of nitrogens with two attached hydrogens (primary N) is 1. The first kappa shape index (κ1) is 23.2. The molecule has 36 heavy (non-hydrogen) atoms. The number of rotatable bonds is 8. The number of benzene rings is 3. The summed E-state index contributed by atoms with van der Waals surface area (Å²) in [5.41, 5.74) is 11.2. The van der Waals surface area contributed by atoms with Gasteiger partial charge in [0.1, 0.15) is 28.4 Å². The molecule has 0 saturated carbocycles. The molecule has 0 spiro atoms. The van der Waals surface area contributed by atoms with Gasteiger partial charge in [0.05, 0.1) is 24.8 Å². The van der Waals surface area contributed by atoms with Crippen molar-refractivity contribution in [2.75, 3.05) is 26.0 Å². The van der Waals surface area contributed by atoms with Gasteiger partial charge in [-0.25, -0.2) is 9.97 Å². The zero-order valence-corrected chi connectivity index (χ0v) is 20.2. The zero-order chi connectivity index (χ0) is 25.1. The van der Waals surface area contributed by atoms with Gasteiger partial charge < -0.3 is 20.5 Å². The van der Waals surface area contributed by atoms with Crippen LogP contribution in [0.5, 0.6) is 11.5 Å². The number of hydrogen-bond acceptors (Lipinski definition) is 6. The molecule has 0 fully saturated rings. The van der Waals surface area contributed by atoms with Gasteiger partial charge in [0.15, 0.2) is 5.65 Å². The number of nitrogens with one attached hydrogen (secondary N) is 1. The maximum atomic E-state index is 13.4. The van der Waals surface area contributed by atoms with Crippen molar-refractivity contribution in [1.82, 2.24) is 19.9 Å². The normalized spacial score (nSPS) is 11.1. The molecule has 5 aromatic rings. The van der Waals surface area contributed by atoms with E-state index in [0.717, 1.165) is 28.3 Å². The van der Waals surface area contributed by atoms with Crippen molar-refractivity contribution >= 4 is 33.9 Å². The predicted octanol–water partition coefficient (Wildman–Crippen LogP) is 4.54. The van der Waals surface area contributed by atoms with E-state index in [4.69, 9.17) is 25.2 Å². The van der Waals surface area contributed by atoms with Crippen LogP contribution in [0.3, 0.4) is 0 Å². The summed E-state index contributed by atoms with van der Waals surface area (Å²) >= 11 is 0. The molecule has 5 rings (SSSR count).